The number of carbonyl (C=O) groups excluding carboxylic acids is 1. The maximum atomic E-state index is 13.6. The number of hydrogen-bond donors (Lipinski definition) is 2. The van der Waals surface area contributed by atoms with Crippen molar-refractivity contribution in [2.75, 3.05) is 11.5 Å². The summed E-state index contributed by atoms with van der Waals surface area (Å²) >= 11 is 1.69. The van der Waals surface area contributed by atoms with Gasteiger partial charge in [0.1, 0.15) is 11.4 Å². The minimum absolute atomic E-state index is 0.253. The van der Waals surface area contributed by atoms with Crippen LogP contribution in [0.3, 0.4) is 0 Å². The molecule has 1 aromatic carbocycles. The van der Waals surface area contributed by atoms with Crippen LogP contribution in [0.1, 0.15) is 25.3 Å². The first-order chi connectivity index (χ1) is 10.4. The van der Waals surface area contributed by atoms with E-state index in [1.54, 1.807) is 36.9 Å². The standard InChI is InChI=1S/C16H20FNO3S/c1-11(10-12-4-2-3-5-13(12)17)14(19)18-16(15(20)21)6-8-22-9-7-16/h2-5,11H,6-10H2,1H3,(H,18,19)(H,20,21). The van der Waals surface area contributed by atoms with E-state index in [4.69, 9.17) is 0 Å². The van der Waals surface area contributed by atoms with Gasteiger partial charge in [-0.25, -0.2) is 9.18 Å². The number of halogens is 1. The van der Waals surface area contributed by atoms with Crippen LogP contribution in [0.25, 0.3) is 0 Å². The Morgan fingerprint density at radius 1 is 1.36 bits per heavy atom. The highest BCUT2D eigenvalue weighted by Gasteiger charge is 2.41. The molecule has 0 bridgehead atoms. The summed E-state index contributed by atoms with van der Waals surface area (Å²) in [7, 11) is 0. The molecule has 1 fully saturated rings. The molecule has 0 aromatic heterocycles. The normalized spacial score (nSPS) is 18.5. The number of thioether (sulfide) groups is 1. The minimum atomic E-state index is -1.17. The van der Waals surface area contributed by atoms with E-state index >= 15 is 0 Å². The largest absolute Gasteiger partial charge is 0.480 e. The van der Waals surface area contributed by atoms with Crippen molar-refractivity contribution >= 4 is 23.6 Å². The zero-order chi connectivity index (χ0) is 16.2. The van der Waals surface area contributed by atoms with E-state index in [9.17, 15) is 19.1 Å². The average molecular weight is 325 g/mol. The summed E-state index contributed by atoms with van der Waals surface area (Å²) in [6, 6.07) is 6.32. The second kappa shape index (κ2) is 7.13. The summed E-state index contributed by atoms with van der Waals surface area (Å²) in [5.41, 5.74) is -0.708. The number of nitrogens with one attached hydrogen (secondary N) is 1. The molecule has 1 heterocycles. The molecule has 1 aliphatic rings. The Morgan fingerprint density at radius 3 is 2.59 bits per heavy atom. The van der Waals surface area contributed by atoms with Crippen LogP contribution in [-0.4, -0.2) is 34.0 Å². The zero-order valence-electron chi connectivity index (χ0n) is 12.5. The van der Waals surface area contributed by atoms with E-state index in [-0.39, 0.29) is 18.1 Å². The van der Waals surface area contributed by atoms with Crippen LogP contribution in [0.4, 0.5) is 4.39 Å². The van der Waals surface area contributed by atoms with Gasteiger partial charge in [0.15, 0.2) is 0 Å². The Balaban J connectivity index is 2.04. The van der Waals surface area contributed by atoms with Crippen molar-refractivity contribution < 1.29 is 19.1 Å². The fourth-order valence-corrected chi connectivity index (χ4v) is 3.75. The second-order valence-electron chi connectivity index (χ2n) is 5.69. The van der Waals surface area contributed by atoms with Crippen molar-refractivity contribution in [1.29, 1.82) is 0 Å². The van der Waals surface area contributed by atoms with Gasteiger partial charge < -0.3 is 10.4 Å². The summed E-state index contributed by atoms with van der Waals surface area (Å²) in [5, 5.41) is 12.2. The van der Waals surface area contributed by atoms with E-state index in [2.05, 4.69) is 5.32 Å². The number of carboxylic acids is 1. The van der Waals surface area contributed by atoms with Gasteiger partial charge in [0, 0.05) is 5.92 Å². The Labute approximate surface area is 133 Å². The predicted octanol–water partition coefficient (Wildman–Crippen LogP) is 2.47. The van der Waals surface area contributed by atoms with Crippen LogP contribution >= 0.6 is 11.8 Å². The van der Waals surface area contributed by atoms with Gasteiger partial charge in [0.05, 0.1) is 0 Å². The maximum Gasteiger partial charge on any atom is 0.329 e. The molecule has 1 amide bonds. The van der Waals surface area contributed by atoms with Gasteiger partial charge in [-0.2, -0.15) is 11.8 Å². The maximum absolute atomic E-state index is 13.6. The Bertz CT molecular complexity index is 558. The minimum Gasteiger partial charge on any atom is -0.480 e. The van der Waals surface area contributed by atoms with E-state index in [1.165, 1.54) is 6.07 Å². The highest BCUT2D eigenvalue weighted by molar-refractivity contribution is 7.99. The lowest BCUT2D eigenvalue weighted by Gasteiger charge is -2.34. The molecule has 1 aromatic rings. The van der Waals surface area contributed by atoms with Gasteiger partial charge in [-0.05, 0) is 42.4 Å². The number of aliphatic carboxylic acids is 1. The van der Waals surface area contributed by atoms with Crippen molar-refractivity contribution in [3.05, 3.63) is 35.6 Å². The number of amides is 1. The summed E-state index contributed by atoms with van der Waals surface area (Å²) in [6.45, 7) is 1.69. The molecule has 2 N–H and O–H groups in total. The summed E-state index contributed by atoms with van der Waals surface area (Å²) in [5.74, 6) is -0.716. The monoisotopic (exact) mass is 325 g/mol. The van der Waals surface area contributed by atoms with Gasteiger partial charge in [-0.1, -0.05) is 25.1 Å². The Morgan fingerprint density at radius 2 is 2.00 bits per heavy atom. The molecule has 120 valence electrons. The van der Waals surface area contributed by atoms with Crippen molar-refractivity contribution in [3.8, 4) is 0 Å². The van der Waals surface area contributed by atoms with E-state index in [1.807, 2.05) is 0 Å². The quantitative estimate of drug-likeness (QED) is 0.873. The highest BCUT2D eigenvalue weighted by atomic mass is 32.2. The number of rotatable bonds is 5. The smallest absolute Gasteiger partial charge is 0.329 e. The molecule has 1 aliphatic heterocycles. The lowest BCUT2D eigenvalue weighted by molar-refractivity contribution is -0.148. The molecule has 0 spiro atoms. The van der Waals surface area contributed by atoms with Crippen LogP contribution in [0.15, 0.2) is 24.3 Å². The Kier molecular flexibility index (Phi) is 5.45. The third kappa shape index (κ3) is 3.80. The fraction of sp³-hybridized carbons (Fsp3) is 0.500. The summed E-state index contributed by atoms with van der Waals surface area (Å²) < 4.78 is 13.6. The molecule has 4 nitrogen and oxygen atoms in total. The van der Waals surface area contributed by atoms with E-state index in [0.717, 1.165) is 0 Å². The third-order valence-corrected chi connectivity index (χ3v) is 5.04. The second-order valence-corrected chi connectivity index (χ2v) is 6.91. The molecule has 22 heavy (non-hydrogen) atoms. The molecule has 2 rings (SSSR count). The molecule has 0 saturated carbocycles. The van der Waals surface area contributed by atoms with Crippen LogP contribution in [-0.2, 0) is 16.0 Å². The molecular formula is C16H20FNO3S. The molecule has 6 heteroatoms. The van der Waals surface area contributed by atoms with Crippen molar-refractivity contribution in [2.24, 2.45) is 5.92 Å². The van der Waals surface area contributed by atoms with Crippen LogP contribution in [0.2, 0.25) is 0 Å². The van der Waals surface area contributed by atoms with E-state index in [0.29, 0.717) is 29.9 Å². The molecule has 1 saturated heterocycles. The summed E-state index contributed by atoms with van der Waals surface area (Å²) in [6.07, 6.45) is 1.10. The average Bonchev–Trinajstić information content (AvgIpc) is 2.50. The number of hydrogen-bond acceptors (Lipinski definition) is 3. The van der Waals surface area contributed by atoms with Crippen molar-refractivity contribution in [3.63, 3.8) is 0 Å². The first-order valence-electron chi connectivity index (χ1n) is 7.31. The molecular weight excluding hydrogens is 305 g/mol. The predicted molar refractivity (Wildman–Crippen MR) is 84.3 cm³/mol. The molecule has 0 aliphatic carbocycles. The Hall–Kier alpha value is -1.56. The van der Waals surface area contributed by atoms with Crippen molar-refractivity contribution in [2.45, 2.75) is 31.7 Å². The summed E-state index contributed by atoms with van der Waals surface area (Å²) in [4.78, 5) is 23.9. The fourth-order valence-electron chi connectivity index (χ4n) is 2.56. The SMILES string of the molecule is CC(Cc1ccccc1F)C(=O)NC1(C(=O)O)CCSCC1. The molecule has 0 radical (unpaired) electrons. The highest BCUT2D eigenvalue weighted by Crippen LogP contribution is 2.28. The van der Waals surface area contributed by atoms with Gasteiger partial charge >= 0.3 is 5.97 Å². The number of carbonyl (C=O) groups is 2. The van der Waals surface area contributed by atoms with Gasteiger partial charge in [-0.3, -0.25) is 4.79 Å². The van der Waals surface area contributed by atoms with Crippen LogP contribution < -0.4 is 5.32 Å². The first kappa shape index (κ1) is 16.8. The van der Waals surface area contributed by atoms with Gasteiger partial charge in [-0.15, -0.1) is 0 Å². The lowest BCUT2D eigenvalue weighted by atomic mass is 9.90. The van der Waals surface area contributed by atoms with Gasteiger partial charge in [0.2, 0.25) is 5.91 Å². The van der Waals surface area contributed by atoms with Gasteiger partial charge in [0.25, 0.3) is 0 Å². The van der Waals surface area contributed by atoms with E-state index < -0.39 is 17.4 Å². The van der Waals surface area contributed by atoms with Crippen LogP contribution in [0.5, 0.6) is 0 Å². The zero-order valence-corrected chi connectivity index (χ0v) is 13.3. The van der Waals surface area contributed by atoms with Crippen LogP contribution in [0, 0.1) is 11.7 Å². The van der Waals surface area contributed by atoms with Crippen molar-refractivity contribution in [1.82, 2.24) is 5.32 Å². The number of carboxylic acid groups (broad SMARTS) is 1. The first-order valence-corrected chi connectivity index (χ1v) is 8.47. The number of benzene rings is 1. The third-order valence-electron chi connectivity index (χ3n) is 4.05. The molecule has 1 atom stereocenters. The lowest BCUT2D eigenvalue weighted by Crippen LogP contribution is -2.57. The topological polar surface area (TPSA) is 66.4 Å². The molecule has 1 unspecified atom stereocenters.